The molecule has 720 valence electrons. The van der Waals surface area contributed by atoms with Crippen LogP contribution in [0, 0.1) is 116 Å². The average molecular weight is 2580 g/mol. The van der Waals surface area contributed by atoms with Gasteiger partial charge in [-0.25, -0.2) is 0 Å². The van der Waals surface area contributed by atoms with E-state index < -0.39 is 52.9 Å². The first-order chi connectivity index (χ1) is 74.9. The van der Waals surface area contributed by atoms with E-state index in [1.807, 2.05) is 247 Å². The molecule has 0 saturated carbocycles. The van der Waals surface area contributed by atoms with Gasteiger partial charge < -0.3 is 39.9 Å². The molecule has 0 amide bonds. The monoisotopic (exact) mass is 2580 g/mol. The molecule has 0 saturated heterocycles. The summed E-state index contributed by atoms with van der Waals surface area (Å²) in [6.07, 6.45) is 11.3. The fourth-order valence-electron chi connectivity index (χ4n) is 13.8. The molecule has 4 radical (unpaired) electrons. The van der Waals surface area contributed by atoms with Gasteiger partial charge >= 0.3 is 0 Å². The normalized spacial score (nSPS) is 13.4. The Morgan fingerprint density at radius 3 is 0.873 bits per heavy atom. The predicted molar refractivity (Wildman–Crippen MR) is 574 cm³/mol. The summed E-state index contributed by atoms with van der Waals surface area (Å²) < 4.78 is 148. The fraction of sp³-hybridized carbons (Fsp3) is 0.138. The summed E-state index contributed by atoms with van der Waals surface area (Å²) in [4.78, 5) is 34.4. The maximum atomic E-state index is 8.73. The van der Waals surface area contributed by atoms with Crippen molar-refractivity contribution in [2.24, 2.45) is 5.41 Å². The average Bonchev–Trinajstić information content (AvgIpc) is 0.787. The van der Waals surface area contributed by atoms with Crippen LogP contribution in [0.1, 0.15) is 142 Å². The molecule has 8 heterocycles. The van der Waals surface area contributed by atoms with Crippen LogP contribution in [0.25, 0.3) is 135 Å². The van der Waals surface area contributed by atoms with Crippen LogP contribution in [0.2, 0.25) is 0 Å². The van der Waals surface area contributed by atoms with Crippen molar-refractivity contribution in [1.29, 1.82) is 0 Å². The molecule has 1 atom stereocenters. The molecule has 12 aromatic carbocycles. The first kappa shape index (κ1) is 85.2. The third kappa shape index (κ3) is 34.7. The Hall–Kier alpha value is -13.6. The van der Waals surface area contributed by atoms with E-state index >= 15 is 0 Å². The van der Waals surface area contributed by atoms with Gasteiger partial charge in [-0.3, -0.25) is 0 Å². The summed E-state index contributed by atoms with van der Waals surface area (Å²) in [5.74, 6) is -1.20. The second-order valence-corrected chi connectivity index (χ2v) is 33.2. The summed E-state index contributed by atoms with van der Waals surface area (Å²) in [6.45, 7) is 4.89. The summed E-state index contributed by atoms with van der Waals surface area (Å²) >= 11 is 0. The van der Waals surface area contributed by atoms with Gasteiger partial charge in [0.25, 0.3) is 0 Å². The maximum Gasteiger partial charge on any atom is 0.0355 e. The number of pyridine rings is 8. The van der Waals surface area contributed by atoms with E-state index in [1.54, 1.807) is 43.3 Å². The Balaban J connectivity index is 0.000000204. The van der Waals surface area contributed by atoms with Gasteiger partial charge in [-0.15, -0.1) is 286 Å². The molecule has 142 heavy (non-hydrogen) atoms. The Morgan fingerprint density at radius 2 is 0.563 bits per heavy atom. The SMILES string of the molecule is Cc1ccc(-c2ccnc(-c3[c-]cccc3)c2)cc1.Cc1cccc(-c2[c-]cccc2)n1.[2H]C(C)(C)c1ccc(-c2ccnc(-c3[c-]cccc3)c2)cc1.[2H]C(C)(c1ccc(-c2ccnc(-c3[c-]cccc3)c2)cc1)C(C)(C)C.[2H]C([2H])([2H])c1c[c-]c(-c2cc(C)c(C([2H])([2H])[2H])cn2)cc1.[2H]C([2H])([2H])c1c[c-]c(-c2ccc(C([2H])([2H])[2H])cn2)cc1.[2H]C([2H])([2H])c1c[c-]c(-c2ccc(C([2H])([2H])[2H])cn2)cc1.[Ir].[Ir].[Ir].[Ir].[c-]1ccccc1-c1cc(-c2ccccc2)ccn1. The summed E-state index contributed by atoms with van der Waals surface area (Å²) in [5.41, 5.74) is 28.7. The van der Waals surface area contributed by atoms with Crippen LogP contribution < -0.4 is 0 Å². The molecule has 12 heteroatoms. The van der Waals surface area contributed by atoms with Crippen LogP contribution >= 0.6 is 0 Å². The summed E-state index contributed by atoms with van der Waals surface area (Å²) in [5, 5.41) is 0. The molecular formula is C130H116Ir4N8-8. The van der Waals surface area contributed by atoms with Crippen LogP contribution in [-0.4, -0.2) is 39.9 Å². The minimum Gasteiger partial charge on any atom is -0.305 e. The van der Waals surface area contributed by atoms with Crippen molar-refractivity contribution in [2.75, 3.05) is 0 Å². The maximum absolute atomic E-state index is 8.73. The zero-order chi connectivity index (χ0) is 114. The first-order valence-corrected chi connectivity index (χ1v) is 44.9. The number of rotatable bonds is 14. The van der Waals surface area contributed by atoms with E-state index in [2.05, 4.69) is 213 Å². The predicted octanol–water partition coefficient (Wildman–Crippen LogP) is 33.1. The van der Waals surface area contributed by atoms with Gasteiger partial charge in [0.1, 0.15) is 0 Å². The van der Waals surface area contributed by atoms with Crippen molar-refractivity contribution < 1.29 is 108 Å². The molecule has 20 rings (SSSR count). The van der Waals surface area contributed by atoms with E-state index in [1.165, 1.54) is 94.9 Å². The van der Waals surface area contributed by atoms with Crippen molar-refractivity contribution in [3.05, 3.63) is 529 Å². The zero-order valence-electron chi connectivity index (χ0n) is 99.7. The van der Waals surface area contributed by atoms with Gasteiger partial charge in [-0.05, 0) is 207 Å². The molecule has 8 nitrogen and oxygen atoms in total. The van der Waals surface area contributed by atoms with Gasteiger partial charge in [-0.1, -0.05) is 243 Å². The van der Waals surface area contributed by atoms with Crippen LogP contribution in [-0.2, 0) is 80.4 Å². The van der Waals surface area contributed by atoms with Crippen molar-refractivity contribution in [2.45, 2.75) is 115 Å². The number of benzene rings is 12. The molecule has 8 aromatic heterocycles. The number of hydrogen-bond acceptors (Lipinski definition) is 8. The molecular weight excluding hydrogens is 2440 g/mol. The molecule has 20 aromatic rings. The van der Waals surface area contributed by atoms with Crippen LogP contribution in [0.4, 0.5) is 0 Å². The van der Waals surface area contributed by atoms with Crippen molar-refractivity contribution in [1.82, 2.24) is 39.9 Å². The molecule has 0 aliphatic carbocycles. The summed E-state index contributed by atoms with van der Waals surface area (Å²) in [6, 6.07) is 143. The van der Waals surface area contributed by atoms with Gasteiger partial charge in [-0.2, -0.15) is 0 Å². The molecule has 0 N–H and O–H groups in total. The molecule has 0 aliphatic heterocycles. The fourth-order valence-corrected chi connectivity index (χ4v) is 13.8. The van der Waals surface area contributed by atoms with E-state index in [4.69, 9.17) is 27.4 Å². The molecule has 0 aliphatic rings. The smallest absolute Gasteiger partial charge is 0.0355 e. The van der Waals surface area contributed by atoms with Crippen LogP contribution in [0.15, 0.2) is 419 Å². The second-order valence-electron chi connectivity index (χ2n) is 33.2. The van der Waals surface area contributed by atoms with Crippen molar-refractivity contribution in [3.8, 4) is 135 Å². The van der Waals surface area contributed by atoms with Gasteiger partial charge in [0.05, 0.1) is 0 Å². The van der Waals surface area contributed by atoms with Gasteiger partial charge in [0.15, 0.2) is 0 Å². The topological polar surface area (TPSA) is 103 Å². The van der Waals surface area contributed by atoms with Crippen LogP contribution in [0.5, 0.6) is 0 Å². The van der Waals surface area contributed by atoms with Crippen molar-refractivity contribution >= 4 is 0 Å². The van der Waals surface area contributed by atoms with E-state index in [9.17, 15) is 0 Å². The van der Waals surface area contributed by atoms with E-state index in [-0.39, 0.29) is 119 Å². The Labute approximate surface area is 925 Å². The Morgan fingerprint density at radius 1 is 0.246 bits per heavy atom. The zero-order valence-corrected chi connectivity index (χ0v) is 89.3. The molecule has 0 spiro atoms. The first-order valence-electron chi connectivity index (χ1n) is 54.9. The number of aryl methyl sites for hydroxylation is 9. The standard InChI is InChI=1S/C23H24N.C20H18N.C18H14N.C17H12N.C14H14N.2C13H12N.C12H10N.4Ir/c1-17(23(2,3)4)18-10-12-19(13-11-18)21-14-15-24-22(16-21)20-8-6-5-7-9-20;1-15(2)16-8-10-17(11-9-16)19-12-13-21-20(14-19)18-6-4-3-5-7-18;1-14-7-9-15(10-8-14)17-11-12-19-18(13-17)16-5-3-2-4-6-16;1-3-7-14(8-4-1)16-11-12-18-17(13-16)15-9-5-2-6-10-15;1-10-4-6-13(7-5-10)14-8-11(2)12(3)9-15-14;2*1-10-3-6-12(7-4-10)13-8-5-11(2)9-14-13;1-10-6-5-9-12(13-10)11-7-3-2-4-8-11;;;;/h5-8,10-17H,1-4H3;3-6,8-15H,1-2H3;2-5,7-13H,1H3;1-9,11-13H;4-6,8-9H,1-3H3;2*3-6,8-9H,1-2H3;2-7,9H,1H3;;;;/q8*-1;;;;/i17D;15D;;;1D3,3D3;2*1D3,2D3;;;;;. The molecule has 0 bridgehead atoms. The Bertz CT molecular complexity index is 7690. The van der Waals surface area contributed by atoms with E-state index in [0.29, 0.717) is 39.3 Å². The quantitative estimate of drug-likeness (QED) is 0.0992. The number of nitrogens with zero attached hydrogens (tertiary/aromatic N) is 8. The second kappa shape index (κ2) is 57.4. The minimum absolute atomic E-state index is 0. The minimum atomic E-state index is -2.19. The van der Waals surface area contributed by atoms with Gasteiger partial charge in [0, 0.05) is 157 Å². The Kier molecular flexibility index (Phi) is 34.4. The van der Waals surface area contributed by atoms with Crippen LogP contribution in [0.3, 0.4) is 0 Å². The number of hydrogen-bond donors (Lipinski definition) is 0. The third-order valence-corrected chi connectivity index (χ3v) is 21.8. The van der Waals surface area contributed by atoms with Crippen molar-refractivity contribution in [3.63, 3.8) is 0 Å². The number of aromatic nitrogens is 8. The van der Waals surface area contributed by atoms with Gasteiger partial charge in [0.2, 0.25) is 0 Å². The molecule has 0 fully saturated rings. The van der Waals surface area contributed by atoms with E-state index in [0.717, 1.165) is 95.4 Å². The largest absolute Gasteiger partial charge is 0.305 e. The third-order valence-electron chi connectivity index (χ3n) is 21.8. The molecule has 1 unspecified atom stereocenters. The summed E-state index contributed by atoms with van der Waals surface area (Å²) in [7, 11) is 0.